The van der Waals surface area contributed by atoms with Gasteiger partial charge in [0.1, 0.15) is 5.70 Å². The quantitative estimate of drug-likeness (QED) is 0.138. The van der Waals surface area contributed by atoms with Crippen LogP contribution in [0.2, 0.25) is 18.1 Å². The Balaban J connectivity index is 2.29. The second kappa shape index (κ2) is 8.73. The lowest BCUT2D eigenvalue weighted by Crippen LogP contribution is -2.65. The number of nitrogens with zero attached hydrogens (tertiary/aromatic N) is 4. The molecule has 2 rings (SSSR count). The molecule has 0 bridgehead atoms. The topological polar surface area (TPSA) is 105 Å². The van der Waals surface area contributed by atoms with Gasteiger partial charge in [0.25, 0.3) is 0 Å². The maximum absolute atomic E-state index is 13.2. The number of ether oxygens (including phenoxy) is 1. The van der Waals surface area contributed by atoms with Crippen molar-refractivity contribution in [1.82, 2.24) is 4.90 Å². The zero-order chi connectivity index (χ0) is 23.0. The first-order chi connectivity index (χ1) is 13.7. The highest BCUT2D eigenvalue weighted by atomic mass is 28.4. The van der Waals surface area contributed by atoms with Crippen molar-refractivity contribution in [3.63, 3.8) is 0 Å². The van der Waals surface area contributed by atoms with Gasteiger partial charge in [-0.15, -0.1) is 0 Å². The highest BCUT2D eigenvalue weighted by Crippen LogP contribution is 2.49. The van der Waals surface area contributed by atoms with Crippen LogP contribution in [0, 0.1) is 17.8 Å². The standard InChI is InChI=1S/C21H36N4O4Si/c1-12(2)11-28-20(27)18-15(10-23-24-22)13(3)17-16(19(26)25(17)18)14(4)29-30(8,9)21(5,6)7/h12-14,16-17H,10-11H2,1-9H3/t13-,14?,16+,17+/m0/s1. The van der Waals surface area contributed by atoms with Crippen molar-refractivity contribution >= 4 is 20.2 Å². The average molecular weight is 437 g/mol. The van der Waals surface area contributed by atoms with Crippen LogP contribution in [-0.4, -0.2) is 50.4 Å². The molecule has 30 heavy (non-hydrogen) atoms. The molecule has 168 valence electrons. The first kappa shape index (κ1) is 24.4. The van der Waals surface area contributed by atoms with Gasteiger partial charge in [-0.25, -0.2) is 4.79 Å². The molecule has 9 heteroatoms. The zero-order valence-corrected chi connectivity index (χ0v) is 20.7. The summed E-state index contributed by atoms with van der Waals surface area (Å²) in [5.74, 6) is -0.894. The van der Waals surface area contributed by atoms with E-state index in [1.165, 1.54) is 0 Å². The summed E-state index contributed by atoms with van der Waals surface area (Å²) in [5, 5.41) is 3.70. The van der Waals surface area contributed by atoms with Crippen LogP contribution in [0.3, 0.4) is 0 Å². The van der Waals surface area contributed by atoms with Crippen LogP contribution >= 0.6 is 0 Å². The third kappa shape index (κ3) is 4.43. The molecule has 0 aromatic carbocycles. The van der Waals surface area contributed by atoms with E-state index in [4.69, 9.17) is 14.7 Å². The first-order valence-electron chi connectivity index (χ1n) is 10.7. The second-order valence-corrected chi connectivity index (χ2v) is 15.1. The molecule has 0 spiro atoms. The van der Waals surface area contributed by atoms with E-state index >= 15 is 0 Å². The Kier molecular flexibility index (Phi) is 7.11. The van der Waals surface area contributed by atoms with E-state index in [-0.39, 0.29) is 59.7 Å². The molecule has 8 nitrogen and oxygen atoms in total. The molecule has 0 aromatic heterocycles. The summed E-state index contributed by atoms with van der Waals surface area (Å²) in [6, 6.07) is -0.178. The monoisotopic (exact) mass is 436 g/mol. The Morgan fingerprint density at radius 2 is 1.90 bits per heavy atom. The summed E-state index contributed by atoms with van der Waals surface area (Å²) in [6.45, 7) is 19.0. The van der Waals surface area contributed by atoms with E-state index in [2.05, 4.69) is 43.9 Å². The molecule has 0 radical (unpaired) electrons. The molecule has 0 aromatic rings. The maximum Gasteiger partial charge on any atom is 0.355 e. The molecule has 4 atom stereocenters. The van der Waals surface area contributed by atoms with Crippen LogP contribution < -0.4 is 0 Å². The van der Waals surface area contributed by atoms with Crippen molar-refractivity contribution in [2.24, 2.45) is 22.9 Å². The SMILES string of the molecule is CC(C)COC(=O)C1=C(CN=[N+]=[N-])[C@H](C)[C@@H]2[C@@H](C(C)O[Si](C)(C)C(C)(C)C)C(=O)N12. The minimum atomic E-state index is -2.05. The molecule has 1 saturated heterocycles. The fourth-order valence-electron chi connectivity index (χ4n) is 3.96. The number of carbonyl (C=O) groups is 2. The van der Waals surface area contributed by atoms with Gasteiger partial charge in [-0.1, -0.05) is 46.7 Å². The fourth-order valence-corrected chi connectivity index (χ4v) is 5.39. The average Bonchev–Trinajstić information content (AvgIpc) is 2.85. The molecular weight excluding hydrogens is 400 g/mol. The van der Waals surface area contributed by atoms with Gasteiger partial charge in [-0.05, 0) is 42.1 Å². The number of amides is 1. The molecule has 0 aliphatic carbocycles. The fraction of sp³-hybridized carbons (Fsp3) is 0.810. The molecular formula is C21H36N4O4Si. The second-order valence-electron chi connectivity index (χ2n) is 10.4. The molecule has 0 saturated carbocycles. The van der Waals surface area contributed by atoms with Gasteiger partial charge in [0.15, 0.2) is 8.32 Å². The number of rotatable bonds is 8. The van der Waals surface area contributed by atoms with Crippen molar-refractivity contribution in [3.8, 4) is 0 Å². The minimum Gasteiger partial charge on any atom is -0.461 e. The lowest BCUT2D eigenvalue weighted by Gasteiger charge is -2.50. The summed E-state index contributed by atoms with van der Waals surface area (Å²) in [6.07, 6.45) is -0.256. The van der Waals surface area contributed by atoms with E-state index in [0.717, 1.165) is 0 Å². The molecule has 2 aliphatic rings. The van der Waals surface area contributed by atoms with Crippen molar-refractivity contribution < 1.29 is 18.8 Å². The van der Waals surface area contributed by atoms with Crippen LogP contribution in [0.25, 0.3) is 10.4 Å². The van der Waals surface area contributed by atoms with Crippen molar-refractivity contribution in [1.29, 1.82) is 0 Å². The third-order valence-corrected chi connectivity index (χ3v) is 11.2. The van der Waals surface area contributed by atoms with Crippen LogP contribution in [0.5, 0.6) is 0 Å². The number of azide groups is 1. The molecule has 1 unspecified atom stereocenters. The van der Waals surface area contributed by atoms with E-state index < -0.39 is 14.3 Å². The highest BCUT2D eigenvalue weighted by Gasteiger charge is 2.60. The molecule has 1 amide bonds. The number of fused-ring (bicyclic) bond motifs is 1. The zero-order valence-electron chi connectivity index (χ0n) is 19.7. The van der Waals surface area contributed by atoms with Gasteiger partial charge < -0.3 is 14.1 Å². The van der Waals surface area contributed by atoms with Gasteiger partial charge in [-0.3, -0.25) is 4.79 Å². The number of carbonyl (C=O) groups excluding carboxylic acids is 2. The van der Waals surface area contributed by atoms with E-state index in [1.54, 1.807) is 4.90 Å². The van der Waals surface area contributed by atoms with Crippen LogP contribution in [-0.2, 0) is 18.8 Å². The Labute approximate surface area is 180 Å². The predicted molar refractivity (Wildman–Crippen MR) is 118 cm³/mol. The third-order valence-electron chi connectivity index (χ3n) is 6.63. The lowest BCUT2D eigenvalue weighted by atomic mass is 9.78. The molecule has 0 N–H and O–H groups in total. The lowest BCUT2D eigenvalue weighted by molar-refractivity contribution is -0.163. The van der Waals surface area contributed by atoms with Crippen LogP contribution in [0.15, 0.2) is 16.4 Å². The summed E-state index contributed by atoms with van der Waals surface area (Å²) in [7, 11) is -2.05. The van der Waals surface area contributed by atoms with Gasteiger partial charge >= 0.3 is 5.97 Å². The summed E-state index contributed by atoms with van der Waals surface area (Å²) in [5.41, 5.74) is 9.70. The number of esters is 1. The molecule has 2 aliphatic heterocycles. The first-order valence-corrected chi connectivity index (χ1v) is 13.6. The van der Waals surface area contributed by atoms with Crippen LogP contribution in [0.1, 0.15) is 48.5 Å². The van der Waals surface area contributed by atoms with Crippen molar-refractivity contribution in [2.75, 3.05) is 13.2 Å². The van der Waals surface area contributed by atoms with Gasteiger partial charge in [0, 0.05) is 17.4 Å². The molecule has 2 heterocycles. The predicted octanol–water partition coefficient (Wildman–Crippen LogP) is 4.64. The smallest absolute Gasteiger partial charge is 0.355 e. The normalized spacial score (nSPS) is 25.1. The Morgan fingerprint density at radius 1 is 1.30 bits per heavy atom. The van der Waals surface area contributed by atoms with E-state index in [9.17, 15) is 9.59 Å². The Hall–Kier alpha value is -1.83. The minimum absolute atomic E-state index is 0.0335. The maximum atomic E-state index is 13.2. The largest absolute Gasteiger partial charge is 0.461 e. The number of hydrogen-bond acceptors (Lipinski definition) is 5. The van der Waals surface area contributed by atoms with E-state index in [0.29, 0.717) is 5.57 Å². The number of β-lactam (4-membered cyclic amide) rings is 1. The van der Waals surface area contributed by atoms with Crippen molar-refractivity contribution in [2.45, 2.75) is 78.7 Å². The number of hydrogen-bond donors (Lipinski definition) is 0. The van der Waals surface area contributed by atoms with Crippen LogP contribution in [0.4, 0.5) is 0 Å². The Bertz CT molecular complexity index is 780. The van der Waals surface area contributed by atoms with Gasteiger partial charge in [0.05, 0.1) is 24.7 Å². The summed E-state index contributed by atoms with van der Waals surface area (Å²) < 4.78 is 11.9. The van der Waals surface area contributed by atoms with E-state index in [1.807, 2.05) is 27.7 Å². The summed E-state index contributed by atoms with van der Waals surface area (Å²) >= 11 is 0. The molecule has 1 fully saturated rings. The van der Waals surface area contributed by atoms with Crippen molar-refractivity contribution in [3.05, 3.63) is 21.7 Å². The van der Waals surface area contributed by atoms with Gasteiger partial charge in [-0.2, -0.15) is 0 Å². The summed E-state index contributed by atoms with van der Waals surface area (Å²) in [4.78, 5) is 30.3. The Morgan fingerprint density at radius 3 is 2.40 bits per heavy atom. The van der Waals surface area contributed by atoms with Gasteiger partial charge in [0.2, 0.25) is 5.91 Å². The highest BCUT2D eigenvalue weighted by molar-refractivity contribution is 6.74.